The van der Waals surface area contributed by atoms with Gasteiger partial charge in [0.1, 0.15) is 18.1 Å². The van der Waals surface area contributed by atoms with Crippen molar-refractivity contribution in [2.45, 2.75) is 0 Å². The zero-order chi connectivity index (χ0) is 20.5. The number of ether oxygens (including phenoxy) is 3. The summed E-state index contributed by atoms with van der Waals surface area (Å²) >= 11 is 0. The lowest BCUT2D eigenvalue weighted by molar-refractivity contribution is -0.117. The summed E-state index contributed by atoms with van der Waals surface area (Å²) in [5.41, 5.74) is 1.95. The summed E-state index contributed by atoms with van der Waals surface area (Å²) in [5, 5.41) is 2.95. The largest absolute Gasteiger partial charge is 0.497 e. The summed E-state index contributed by atoms with van der Waals surface area (Å²) < 4.78 is 16.2. The molecule has 7 heteroatoms. The molecular weight excluding hydrogens is 370 g/mol. The first-order valence-corrected chi connectivity index (χ1v) is 9.82. The van der Waals surface area contributed by atoms with Gasteiger partial charge in [-0.05, 0) is 55.6 Å². The maximum atomic E-state index is 12.3. The molecule has 3 rings (SSSR count). The van der Waals surface area contributed by atoms with Crippen LogP contribution < -0.4 is 19.7 Å². The quantitative estimate of drug-likeness (QED) is 0.699. The summed E-state index contributed by atoms with van der Waals surface area (Å²) in [6.45, 7) is 4.77. The van der Waals surface area contributed by atoms with Crippen LogP contribution in [0.1, 0.15) is 0 Å². The molecule has 2 aromatic carbocycles. The number of methoxy groups -OCH3 is 1. The Morgan fingerprint density at radius 2 is 1.72 bits per heavy atom. The minimum Gasteiger partial charge on any atom is -0.497 e. The van der Waals surface area contributed by atoms with E-state index >= 15 is 0 Å². The molecule has 156 valence electrons. The van der Waals surface area contributed by atoms with E-state index in [1.807, 2.05) is 60.5 Å². The van der Waals surface area contributed by atoms with Crippen LogP contribution in [0.4, 0.5) is 11.4 Å². The van der Waals surface area contributed by atoms with Crippen molar-refractivity contribution in [2.24, 2.45) is 0 Å². The summed E-state index contributed by atoms with van der Waals surface area (Å²) in [6.07, 6.45) is 0. The zero-order valence-electron chi connectivity index (χ0n) is 17.1. The number of morpholine rings is 1. The van der Waals surface area contributed by atoms with Crippen molar-refractivity contribution in [3.05, 3.63) is 48.5 Å². The minimum absolute atomic E-state index is 0.0453. The number of likely N-dealkylation sites (N-methyl/N-ethyl adjacent to an activating group) is 1. The van der Waals surface area contributed by atoms with Gasteiger partial charge < -0.3 is 24.4 Å². The van der Waals surface area contributed by atoms with Crippen molar-refractivity contribution in [1.82, 2.24) is 4.90 Å². The topological polar surface area (TPSA) is 63.3 Å². The van der Waals surface area contributed by atoms with Crippen molar-refractivity contribution in [3.63, 3.8) is 0 Å². The standard InChI is InChI=1S/C22H29N3O4/c1-24(11-16-29-21-9-7-20(27-2)8-10-21)17-22(26)23-18-3-5-19(6-4-18)25-12-14-28-15-13-25/h3-10H,11-17H2,1-2H3,(H,23,26). The Labute approximate surface area is 172 Å². The van der Waals surface area contributed by atoms with Crippen LogP contribution in [0.15, 0.2) is 48.5 Å². The van der Waals surface area contributed by atoms with Crippen LogP contribution in [0.3, 0.4) is 0 Å². The van der Waals surface area contributed by atoms with Crippen LogP contribution in [0.5, 0.6) is 11.5 Å². The van der Waals surface area contributed by atoms with Gasteiger partial charge in [-0.25, -0.2) is 0 Å². The highest BCUT2D eigenvalue weighted by atomic mass is 16.5. The molecule has 2 aromatic rings. The minimum atomic E-state index is -0.0453. The van der Waals surface area contributed by atoms with Crippen LogP contribution in [0.2, 0.25) is 0 Å². The second kappa shape index (κ2) is 10.7. The first-order chi connectivity index (χ1) is 14.1. The summed E-state index contributed by atoms with van der Waals surface area (Å²) in [6, 6.07) is 15.4. The van der Waals surface area contributed by atoms with E-state index < -0.39 is 0 Å². The average molecular weight is 399 g/mol. The number of nitrogens with one attached hydrogen (secondary N) is 1. The molecule has 0 aliphatic carbocycles. The Morgan fingerprint density at radius 3 is 2.38 bits per heavy atom. The predicted molar refractivity (Wildman–Crippen MR) is 114 cm³/mol. The highest BCUT2D eigenvalue weighted by Gasteiger charge is 2.12. The average Bonchev–Trinajstić information content (AvgIpc) is 2.75. The predicted octanol–water partition coefficient (Wildman–Crippen LogP) is 2.48. The van der Waals surface area contributed by atoms with Crippen LogP contribution >= 0.6 is 0 Å². The Bertz CT molecular complexity index is 759. The molecule has 1 aliphatic heterocycles. The van der Waals surface area contributed by atoms with Gasteiger partial charge in [0.25, 0.3) is 0 Å². The molecule has 0 unspecified atom stereocenters. The van der Waals surface area contributed by atoms with Gasteiger partial charge in [-0.3, -0.25) is 9.69 Å². The third kappa shape index (κ3) is 6.66. The SMILES string of the molecule is COc1ccc(OCCN(C)CC(=O)Nc2ccc(N3CCOCC3)cc2)cc1. The number of amides is 1. The number of hydrogen-bond acceptors (Lipinski definition) is 6. The van der Waals surface area contributed by atoms with E-state index in [0.29, 0.717) is 19.7 Å². The molecule has 1 N–H and O–H groups in total. The molecule has 0 saturated carbocycles. The van der Waals surface area contributed by atoms with Gasteiger partial charge in [0, 0.05) is 31.0 Å². The van der Waals surface area contributed by atoms with Gasteiger partial charge in [-0.15, -0.1) is 0 Å². The molecule has 0 spiro atoms. The zero-order valence-corrected chi connectivity index (χ0v) is 17.1. The second-order valence-corrected chi connectivity index (χ2v) is 6.96. The van der Waals surface area contributed by atoms with E-state index in [9.17, 15) is 4.79 Å². The highest BCUT2D eigenvalue weighted by Crippen LogP contribution is 2.19. The van der Waals surface area contributed by atoms with E-state index in [2.05, 4.69) is 10.2 Å². The van der Waals surface area contributed by atoms with Crippen molar-refractivity contribution < 1.29 is 19.0 Å². The molecule has 1 aliphatic rings. The van der Waals surface area contributed by atoms with Crippen LogP contribution in [0.25, 0.3) is 0 Å². The molecule has 1 fully saturated rings. The lowest BCUT2D eigenvalue weighted by Crippen LogP contribution is -2.36. The molecule has 1 amide bonds. The van der Waals surface area contributed by atoms with Crippen LogP contribution in [-0.4, -0.2) is 71.0 Å². The monoisotopic (exact) mass is 399 g/mol. The first-order valence-electron chi connectivity index (χ1n) is 9.82. The molecule has 7 nitrogen and oxygen atoms in total. The molecule has 0 bridgehead atoms. The summed E-state index contributed by atoms with van der Waals surface area (Å²) in [4.78, 5) is 16.5. The Kier molecular flexibility index (Phi) is 7.72. The van der Waals surface area contributed by atoms with Gasteiger partial charge in [-0.1, -0.05) is 0 Å². The van der Waals surface area contributed by atoms with E-state index in [0.717, 1.165) is 49.2 Å². The summed E-state index contributed by atoms with van der Waals surface area (Å²) in [5.74, 6) is 1.53. The molecule has 29 heavy (non-hydrogen) atoms. The van der Waals surface area contributed by atoms with Crippen molar-refractivity contribution in [1.29, 1.82) is 0 Å². The fraction of sp³-hybridized carbons (Fsp3) is 0.409. The van der Waals surface area contributed by atoms with Crippen molar-refractivity contribution in [3.8, 4) is 11.5 Å². The van der Waals surface area contributed by atoms with E-state index in [-0.39, 0.29) is 5.91 Å². The first kappa shape index (κ1) is 21.0. The lowest BCUT2D eigenvalue weighted by Gasteiger charge is -2.28. The highest BCUT2D eigenvalue weighted by molar-refractivity contribution is 5.92. The normalized spacial score (nSPS) is 14.0. The number of rotatable bonds is 9. The van der Waals surface area contributed by atoms with E-state index in [4.69, 9.17) is 14.2 Å². The molecule has 0 atom stereocenters. The van der Waals surface area contributed by atoms with Crippen molar-refractivity contribution >= 4 is 17.3 Å². The fourth-order valence-electron chi connectivity index (χ4n) is 3.09. The van der Waals surface area contributed by atoms with Gasteiger partial charge in [0.15, 0.2) is 0 Å². The number of hydrogen-bond donors (Lipinski definition) is 1. The molecule has 0 radical (unpaired) electrons. The van der Waals surface area contributed by atoms with Crippen molar-refractivity contribution in [2.75, 3.05) is 70.4 Å². The Hall–Kier alpha value is -2.77. The molecule has 1 saturated heterocycles. The Balaban J connectivity index is 1.37. The van der Waals surface area contributed by atoms with E-state index in [1.54, 1.807) is 7.11 Å². The third-order valence-electron chi connectivity index (χ3n) is 4.74. The molecule has 0 aromatic heterocycles. The maximum absolute atomic E-state index is 12.3. The number of anilines is 2. The van der Waals surface area contributed by atoms with E-state index in [1.165, 1.54) is 0 Å². The molecular formula is C22H29N3O4. The van der Waals surface area contributed by atoms with Gasteiger partial charge in [-0.2, -0.15) is 0 Å². The summed E-state index contributed by atoms with van der Waals surface area (Å²) in [7, 11) is 3.53. The fourth-order valence-corrected chi connectivity index (χ4v) is 3.09. The molecule has 1 heterocycles. The van der Waals surface area contributed by atoms with Gasteiger partial charge in [0.2, 0.25) is 5.91 Å². The van der Waals surface area contributed by atoms with Crippen LogP contribution in [0, 0.1) is 0 Å². The second-order valence-electron chi connectivity index (χ2n) is 6.96. The smallest absolute Gasteiger partial charge is 0.238 e. The number of nitrogens with zero attached hydrogens (tertiary/aromatic N) is 2. The number of carbonyl (C=O) groups excluding carboxylic acids is 1. The third-order valence-corrected chi connectivity index (χ3v) is 4.74. The van der Waals surface area contributed by atoms with Gasteiger partial charge in [0.05, 0.1) is 26.9 Å². The maximum Gasteiger partial charge on any atom is 0.238 e. The number of benzene rings is 2. The number of carbonyl (C=O) groups is 1. The van der Waals surface area contributed by atoms with Gasteiger partial charge >= 0.3 is 0 Å². The van der Waals surface area contributed by atoms with Crippen LogP contribution in [-0.2, 0) is 9.53 Å². The lowest BCUT2D eigenvalue weighted by atomic mass is 10.2. The Morgan fingerprint density at radius 1 is 1.07 bits per heavy atom.